The summed E-state index contributed by atoms with van der Waals surface area (Å²) in [7, 11) is 0. The maximum atomic E-state index is 9.83. The Morgan fingerprint density at radius 1 is 1.33 bits per heavy atom. The summed E-state index contributed by atoms with van der Waals surface area (Å²) in [4.78, 5) is 6.91. The van der Waals surface area contributed by atoms with Crippen molar-refractivity contribution in [2.24, 2.45) is 0 Å². The van der Waals surface area contributed by atoms with E-state index in [2.05, 4.69) is 9.88 Å². The number of pyridine rings is 1. The molecule has 2 aliphatic rings. The predicted octanol–water partition coefficient (Wildman–Crippen LogP) is 1.37. The maximum absolute atomic E-state index is 9.83. The zero-order chi connectivity index (χ0) is 12.7. The van der Waals surface area contributed by atoms with Crippen molar-refractivity contribution in [1.29, 1.82) is 0 Å². The molecule has 2 atom stereocenters. The average Bonchev–Trinajstić information content (AvgIpc) is 2.61. The molecule has 2 N–H and O–H groups in total. The highest BCUT2D eigenvalue weighted by atomic mass is 16.3. The van der Waals surface area contributed by atoms with E-state index >= 15 is 0 Å². The van der Waals surface area contributed by atoms with E-state index in [1.165, 1.54) is 0 Å². The average molecular weight is 248 g/mol. The molecule has 2 aliphatic heterocycles. The molecule has 0 radical (unpaired) electrons. The molecular formula is C14H20N2O2. The third kappa shape index (κ3) is 1.89. The van der Waals surface area contributed by atoms with Crippen LogP contribution in [0.1, 0.15) is 36.8 Å². The smallest absolute Gasteiger partial charge is 0.131 e. The third-order valence-electron chi connectivity index (χ3n) is 4.24. The molecule has 0 spiro atoms. The molecule has 0 saturated carbocycles. The Bertz CT molecular complexity index is 435. The van der Waals surface area contributed by atoms with E-state index in [-0.39, 0.29) is 12.7 Å². The molecule has 4 heteroatoms. The number of hydrogen-bond acceptors (Lipinski definition) is 4. The fourth-order valence-corrected chi connectivity index (χ4v) is 3.48. The van der Waals surface area contributed by atoms with Gasteiger partial charge in [0.25, 0.3) is 0 Å². The highest BCUT2D eigenvalue weighted by Gasteiger charge is 2.41. The monoisotopic (exact) mass is 248 g/mol. The Labute approximate surface area is 107 Å². The van der Waals surface area contributed by atoms with Crippen molar-refractivity contribution in [3.05, 3.63) is 23.4 Å². The fourth-order valence-electron chi connectivity index (χ4n) is 3.48. The van der Waals surface area contributed by atoms with Gasteiger partial charge in [-0.25, -0.2) is 4.98 Å². The molecule has 2 bridgehead atoms. The molecule has 1 aromatic rings. The van der Waals surface area contributed by atoms with Gasteiger partial charge < -0.3 is 15.1 Å². The number of aromatic nitrogens is 1. The quantitative estimate of drug-likeness (QED) is 0.830. The van der Waals surface area contributed by atoms with E-state index in [0.29, 0.717) is 12.1 Å². The van der Waals surface area contributed by atoms with Crippen LogP contribution in [-0.4, -0.2) is 33.4 Å². The highest BCUT2D eigenvalue weighted by molar-refractivity contribution is 5.51. The van der Waals surface area contributed by atoms with Crippen molar-refractivity contribution >= 4 is 5.82 Å². The van der Waals surface area contributed by atoms with Crippen LogP contribution in [0.25, 0.3) is 0 Å². The minimum absolute atomic E-state index is 0.0414. The molecule has 2 unspecified atom stereocenters. The van der Waals surface area contributed by atoms with Crippen LogP contribution in [-0.2, 0) is 6.61 Å². The van der Waals surface area contributed by atoms with Gasteiger partial charge >= 0.3 is 0 Å². The SMILES string of the molecule is Cc1cc(CO)cnc1N1C2CCC1CC(O)C2. The Kier molecular flexibility index (Phi) is 2.99. The number of nitrogens with zero attached hydrogens (tertiary/aromatic N) is 2. The van der Waals surface area contributed by atoms with Gasteiger partial charge in [-0.05, 0) is 49.8 Å². The van der Waals surface area contributed by atoms with Gasteiger partial charge in [0, 0.05) is 18.3 Å². The first-order valence-electron chi connectivity index (χ1n) is 6.72. The maximum Gasteiger partial charge on any atom is 0.131 e. The Balaban J connectivity index is 1.91. The first kappa shape index (κ1) is 11.9. The zero-order valence-corrected chi connectivity index (χ0v) is 10.7. The van der Waals surface area contributed by atoms with Gasteiger partial charge in [-0.15, -0.1) is 0 Å². The van der Waals surface area contributed by atoms with Crippen molar-refractivity contribution in [2.45, 2.75) is 57.4 Å². The number of aliphatic hydroxyl groups excluding tert-OH is 2. The van der Waals surface area contributed by atoms with Crippen molar-refractivity contribution < 1.29 is 10.2 Å². The van der Waals surface area contributed by atoms with Gasteiger partial charge in [-0.2, -0.15) is 0 Å². The lowest BCUT2D eigenvalue weighted by atomic mass is 9.99. The summed E-state index contributed by atoms with van der Waals surface area (Å²) in [5, 5.41) is 19.0. The minimum atomic E-state index is -0.143. The standard InChI is InChI=1S/C14H20N2O2/c1-9-4-10(8-17)7-15-14(9)16-11-2-3-12(16)6-13(18)5-11/h4,7,11-13,17-18H,2-3,5-6,8H2,1H3. The first-order chi connectivity index (χ1) is 8.69. The lowest BCUT2D eigenvalue weighted by molar-refractivity contribution is 0.126. The topological polar surface area (TPSA) is 56.6 Å². The second kappa shape index (κ2) is 4.52. The van der Waals surface area contributed by atoms with Gasteiger partial charge in [-0.1, -0.05) is 0 Å². The Morgan fingerprint density at radius 3 is 2.56 bits per heavy atom. The summed E-state index contributed by atoms with van der Waals surface area (Å²) in [6.07, 6.45) is 5.65. The molecule has 3 heterocycles. The normalized spacial score (nSPS) is 30.8. The molecule has 0 aromatic carbocycles. The van der Waals surface area contributed by atoms with Crippen LogP contribution in [0.2, 0.25) is 0 Å². The van der Waals surface area contributed by atoms with E-state index in [4.69, 9.17) is 5.11 Å². The number of aryl methyl sites for hydroxylation is 1. The van der Waals surface area contributed by atoms with Crippen LogP contribution >= 0.6 is 0 Å². The van der Waals surface area contributed by atoms with E-state index in [1.807, 2.05) is 13.0 Å². The summed E-state index contributed by atoms with van der Waals surface area (Å²) in [6, 6.07) is 2.88. The number of piperidine rings is 1. The molecule has 2 fully saturated rings. The van der Waals surface area contributed by atoms with E-state index in [1.54, 1.807) is 6.20 Å². The van der Waals surface area contributed by atoms with Crippen LogP contribution < -0.4 is 4.90 Å². The molecule has 18 heavy (non-hydrogen) atoms. The molecule has 2 saturated heterocycles. The zero-order valence-electron chi connectivity index (χ0n) is 10.7. The van der Waals surface area contributed by atoms with Crippen molar-refractivity contribution in [3.8, 4) is 0 Å². The van der Waals surface area contributed by atoms with Crippen LogP contribution in [0.15, 0.2) is 12.3 Å². The van der Waals surface area contributed by atoms with Gasteiger partial charge in [0.2, 0.25) is 0 Å². The highest BCUT2D eigenvalue weighted by Crippen LogP contribution is 2.39. The summed E-state index contributed by atoms with van der Waals surface area (Å²) in [5.74, 6) is 1.03. The second-order valence-corrected chi connectivity index (χ2v) is 5.56. The summed E-state index contributed by atoms with van der Waals surface area (Å²) in [6.45, 7) is 2.09. The number of fused-ring (bicyclic) bond motifs is 2. The van der Waals surface area contributed by atoms with Crippen LogP contribution in [0.4, 0.5) is 5.82 Å². The number of hydrogen-bond donors (Lipinski definition) is 2. The molecular weight excluding hydrogens is 228 g/mol. The predicted molar refractivity (Wildman–Crippen MR) is 69.4 cm³/mol. The van der Waals surface area contributed by atoms with E-state index in [9.17, 15) is 5.11 Å². The second-order valence-electron chi connectivity index (χ2n) is 5.56. The molecule has 98 valence electrons. The Morgan fingerprint density at radius 2 is 2.00 bits per heavy atom. The Hall–Kier alpha value is -1.13. The molecule has 4 nitrogen and oxygen atoms in total. The molecule has 0 amide bonds. The van der Waals surface area contributed by atoms with Crippen LogP contribution in [0.5, 0.6) is 0 Å². The van der Waals surface area contributed by atoms with Crippen LogP contribution in [0.3, 0.4) is 0 Å². The molecule has 1 aromatic heterocycles. The van der Waals surface area contributed by atoms with Gasteiger partial charge in [0.05, 0.1) is 12.7 Å². The molecule has 3 rings (SSSR count). The minimum Gasteiger partial charge on any atom is -0.393 e. The number of anilines is 1. The van der Waals surface area contributed by atoms with Crippen molar-refractivity contribution in [1.82, 2.24) is 4.98 Å². The first-order valence-corrected chi connectivity index (χ1v) is 6.72. The van der Waals surface area contributed by atoms with Crippen molar-refractivity contribution in [2.75, 3.05) is 4.90 Å². The van der Waals surface area contributed by atoms with Crippen molar-refractivity contribution in [3.63, 3.8) is 0 Å². The lowest BCUT2D eigenvalue weighted by Crippen LogP contribution is -2.45. The summed E-state index contributed by atoms with van der Waals surface area (Å²) >= 11 is 0. The van der Waals surface area contributed by atoms with Gasteiger partial charge in [0.1, 0.15) is 5.82 Å². The third-order valence-corrected chi connectivity index (χ3v) is 4.24. The van der Waals surface area contributed by atoms with E-state index < -0.39 is 0 Å². The fraction of sp³-hybridized carbons (Fsp3) is 0.643. The van der Waals surface area contributed by atoms with Gasteiger partial charge in [-0.3, -0.25) is 0 Å². The van der Waals surface area contributed by atoms with Gasteiger partial charge in [0.15, 0.2) is 0 Å². The largest absolute Gasteiger partial charge is 0.393 e. The molecule has 0 aliphatic carbocycles. The van der Waals surface area contributed by atoms with E-state index in [0.717, 1.165) is 42.6 Å². The van der Waals surface area contributed by atoms with Crippen LogP contribution in [0, 0.1) is 6.92 Å². The lowest BCUT2D eigenvalue weighted by Gasteiger charge is -2.38. The number of aliphatic hydroxyl groups is 2. The number of rotatable bonds is 2. The summed E-state index contributed by atoms with van der Waals surface area (Å²) < 4.78 is 0. The summed E-state index contributed by atoms with van der Waals surface area (Å²) in [5.41, 5.74) is 1.98.